The fourth-order valence-corrected chi connectivity index (χ4v) is 6.46. The highest BCUT2D eigenvalue weighted by Crippen LogP contribution is 2.39. The molecule has 5 nitrogen and oxygen atoms in total. The highest BCUT2D eigenvalue weighted by molar-refractivity contribution is 8.26. The van der Waals surface area contributed by atoms with Crippen molar-refractivity contribution < 1.29 is 9.53 Å². The van der Waals surface area contributed by atoms with Gasteiger partial charge in [-0.05, 0) is 74.1 Å². The minimum atomic E-state index is 0.0235. The van der Waals surface area contributed by atoms with E-state index >= 15 is 0 Å². The van der Waals surface area contributed by atoms with Gasteiger partial charge in [0.2, 0.25) is 0 Å². The Kier molecular flexibility index (Phi) is 8.34. The molecule has 0 unspecified atom stereocenters. The van der Waals surface area contributed by atoms with Crippen LogP contribution in [0.4, 0.5) is 0 Å². The molecular weight excluding hydrogens is 510 g/mol. The van der Waals surface area contributed by atoms with Gasteiger partial charge in [-0.15, -0.1) is 0 Å². The molecule has 1 amide bonds. The van der Waals surface area contributed by atoms with Crippen LogP contribution in [0.25, 0.3) is 23.0 Å². The second-order valence-corrected chi connectivity index (χ2v) is 12.2. The predicted octanol–water partition coefficient (Wildman–Crippen LogP) is 7.81. The zero-order valence-electron chi connectivity index (χ0n) is 22.4. The average molecular weight is 546 g/mol. The van der Waals surface area contributed by atoms with Gasteiger partial charge in [0.05, 0.1) is 17.2 Å². The molecule has 2 aromatic carbocycles. The van der Waals surface area contributed by atoms with Crippen molar-refractivity contribution >= 4 is 40.3 Å². The van der Waals surface area contributed by atoms with Crippen LogP contribution >= 0.6 is 24.0 Å². The van der Waals surface area contributed by atoms with Crippen LogP contribution in [0.15, 0.2) is 59.6 Å². The van der Waals surface area contributed by atoms with E-state index < -0.39 is 0 Å². The molecule has 0 atom stereocenters. The summed E-state index contributed by atoms with van der Waals surface area (Å²) in [7, 11) is 0. The minimum absolute atomic E-state index is 0.0235. The Labute approximate surface area is 235 Å². The molecule has 3 aromatic rings. The molecular formula is C31H35N3O2S2. The number of hydrogen-bond acceptors (Lipinski definition) is 5. The second kappa shape index (κ2) is 11.9. The summed E-state index contributed by atoms with van der Waals surface area (Å²) in [4.78, 5) is 16.0. The first-order chi connectivity index (χ1) is 18.4. The van der Waals surface area contributed by atoms with Gasteiger partial charge < -0.3 is 4.74 Å². The van der Waals surface area contributed by atoms with Gasteiger partial charge in [-0.1, -0.05) is 75.3 Å². The number of thiocarbonyl (C=S) groups is 1. The van der Waals surface area contributed by atoms with Gasteiger partial charge in [0.1, 0.15) is 15.8 Å². The number of thioether (sulfide) groups is 1. The molecule has 2 aliphatic rings. The summed E-state index contributed by atoms with van der Waals surface area (Å²) < 4.78 is 8.59. The normalized spacial score (nSPS) is 17.7. The Hall–Kier alpha value is -2.90. The molecule has 1 aliphatic heterocycles. The highest BCUT2D eigenvalue weighted by Gasteiger charge is 2.37. The molecule has 1 saturated carbocycles. The molecule has 2 fully saturated rings. The molecule has 0 bridgehead atoms. The van der Waals surface area contributed by atoms with Crippen molar-refractivity contribution in [2.24, 2.45) is 5.92 Å². The van der Waals surface area contributed by atoms with Crippen molar-refractivity contribution in [3.8, 4) is 22.7 Å². The third kappa shape index (κ3) is 5.89. The molecule has 38 heavy (non-hydrogen) atoms. The van der Waals surface area contributed by atoms with Crippen LogP contribution < -0.4 is 4.74 Å². The molecule has 0 N–H and O–H groups in total. The summed E-state index contributed by atoms with van der Waals surface area (Å²) in [5, 5.41) is 4.97. The van der Waals surface area contributed by atoms with Crippen molar-refractivity contribution in [3.63, 3.8) is 0 Å². The molecule has 5 rings (SSSR count). The van der Waals surface area contributed by atoms with Gasteiger partial charge >= 0.3 is 0 Å². The zero-order chi connectivity index (χ0) is 26.6. The number of rotatable bonds is 8. The smallest absolute Gasteiger partial charge is 0.266 e. The largest absolute Gasteiger partial charge is 0.493 e. The van der Waals surface area contributed by atoms with E-state index in [1.54, 1.807) is 0 Å². The van der Waals surface area contributed by atoms with E-state index in [1.165, 1.54) is 18.2 Å². The van der Waals surface area contributed by atoms with Gasteiger partial charge in [0.25, 0.3) is 5.91 Å². The van der Waals surface area contributed by atoms with Crippen LogP contribution in [-0.4, -0.2) is 37.6 Å². The predicted molar refractivity (Wildman–Crippen MR) is 161 cm³/mol. The highest BCUT2D eigenvalue weighted by atomic mass is 32.2. The van der Waals surface area contributed by atoms with Crippen LogP contribution in [0.2, 0.25) is 0 Å². The van der Waals surface area contributed by atoms with Crippen molar-refractivity contribution in [2.45, 2.75) is 65.3 Å². The lowest BCUT2D eigenvalue weighted by Gasteiger charge is -2.29. The quantitative estimate of drug-likeness (QED) is 0.213. The lowest BCUT2D eigenvalue weighted by atomic mass is 9.94. The van der Waals surface area contributed by atoms with E-state index in [2.05, 4.69) is 32.9 Å². The Morgan fingerprint density at radius 3 is 2.61 bits per heavy atom. The van der Waals surface area contributed by atoms with E-state index in [1.807, 2.05) is 58.3 Å². The maximum atomic E-state index is 13.5. The van der Waals surface area contributed by atoms with Crippen LogP contribution in [0.3, 0.4) is 0 Å². The molecule has 198 valence electrons. The number of amides is 1. The maximum Gasteiger partial charge on any atom is 0.266 e. The Morgan fingerprint density at radius 2 is 1.89 bits per heavy atom. The number of carbonyl (C=O) groups excluding carboxylic acids is 1. The number of aryl methyl sites for hydroxylation is 1. The monoisotopic (exact) mass is 545 g/mol. The molecule has 1 saturated heterocycles. The van der Waals surface area contributed by atoms with Gasteiger partial charge in [0, 0.05) is 23.4 Å². The average Bonchev–Trinajstić information content (AvgIpc) is 3.46. The lowest BCUT2D eigenvalue weighted by Crippen LogP contribution is -2.39. The standard InChI is InChI=1S/C31H35N3O2S2/c1-21(2)16-17-36-27-15-14-23(18-22(27)3)29-24(20-33(32-29)25-10-6-4-7-11-25)19-28-30(35)34(31(37)38-28)26-12-8-5-9-13-26/h4,6-7,10-11,14-15,18-21,26H,5,8-9,12-13,16-17H2,1-3H3/b28-19-. The molecule has 1 aromatic heterocycles. The van der Waals surface area contributed by atoms with Crippen LogP contribution in [0, 0.1) is 12.8 Å². The van der Waals surface area contributed by atoms with Gasteiger partial charge in [0.15, 0.2) is 0 Å². The molecule has 0 spiro atoms. The summed E-state index contributed by atoms with van der Waals surface area (Å²) in [6.07, 6.45) is 10.6. The Balaban J connectivity index is 1.49. The van der Waals surface area contributed by atoms with E-state index in [0.717, 1.165) is 65.9 Å². The Bertz CT molecular complexity index is 1340. The van der Waals surface area contributed by atoms with Crippen LogP contribution in [-0.2, 0) is 4.79 Å². The number of hydrogen-bond donors (Lipinski definition) is 0. The SMILES string of the molecule is Cc1cc(-c2nn(-c3ccccc3)cc2/C=C2\SC(=S)N(C3CCCCC3)C2=O)ccc1OCCC(C)C. The van der Waals surface area contributed by atoms with Crippen LogP contribution in [0.1, 0.15) is 63.5 Å². The summed E-state index contributed by atoms with van der Waals surface area (Å²) >= 11 is 7.08. The zero-order valence-corrected chi connectivity index (χ0v) is 24.0. The third-order valence-corrected chi connectivity index (χ3v) is 8.54. The number of aromatic nitrogens is 2. The number of benzene rings is 2. The fourth-order valence-electron chi connectivity index (χ4n) is 5.07. The third-order valence-electron chi connectivity index (χ3n) is 7.21. The van der Waals surface area contributed by atoms with Gasteiger partial charge in [-0.2, -0.15) is 5.10 Å². The first kappa shape index (κ1) is 26.7. The molecule has 1 aliphatic carbocycles. The van der Waals surface area contributed by atoms with Crippen molar-refractivity contribution in [3.05, 3.63) is 70.8 Å². The Morgan fingerprint density at radius 1 is 1.13 bits per heavy atom. The number of nitrogens with zero attached hydrogens (tertiary/aromatic N) is 3. The van der Waals surface area contributed by atoms with Gasteiger partial charge in [-0.25, -0.2) is 4.68 Å². The van der Waals surface area contributed by atoms with E-state index in [4.69, 9.17) is 22.1 Å². The number of para-hydroxylation sites is 1. The maximum absolute atomic E-state index is 13.5. The summed E-state index contributed by atoms with van der Waals surface area (Å²) in [6, 6.07) is 16.5. The van der Waals surface area contributed by atoms with Crippen molar-refractivity contribution in [1.82, 2.24) is 14.7 Å². The number of ether oxygens (including phenoxy) is 1. The van der Waals surface area contributed by atoms with Crippen molar-refractivity contribution in [1.29, 1.82) is 0 Å². The van der Waals surface area contributed by atoms with E-state index in [9.17, 15) is 4.79 Å². The van der Waals surface area contributed by atoms with Crippen LogP contribution in [0.5, 0.6) is 5.75 Å². The first-order valence-corrected chi connectivity index (χ1v) is 14.8. The van der Waals surface area contributed by atoms with Crippen molar-refractivity contribution in [2.75, 3.05) is 6.61 Å². The minimum Gasteiger partial charge on any atom is -0.493 e. The summed E-state index contributed by atoms with van der Waals surface area (Å²) in [6.45, 7) is 7.17. The fraction of sp³-hybridized carbons (Fsp3) is 0.387. The summed E-state index contributed by atoms with van der Waals surface area (Å²) in [5.74, 6) is 1.52. The molecule has 7 heteroatoms. The lowest BCUT2D eigenvalue weighted by molar-refractivity contribution is -0.124. The second-order valence-electron chi connectivity index (χ2n) is 10.6. The van der Waals surface area contributed by atoms with E-state index in [0.29, 0.717) is 21.8 Å². The summed E-state index contributed by atoms with van der Waals surface area (Å²) in [5.41, 5.74) is 4.74. The van der Waals surface area contributed by atoms with E-state index in [-0.39, 0.29) is 11.9 Å². The molecule has 0 radical (unpaired) electrons. The topological polar surface area (TPSA) is 47.4 Å². The molecule has 2 heterocycles. The van der Waals surface area contributed by atoms with Gasteiger partial charge in [-0.3, -0.25) is 9.69 Å². The number of carbonyl (C=O) groups is 1. The first-order valence-electron chi connectivity index (χ1n) is 13.6.